The van der Waals surface area contributed by atoms with Crippen LogP contribution in [-0.4, -0.2) is 26.7 Å². The van der Waals surface area contributed by atoms with Gasteiger partial charge in [-0.3, -0.25) is 20.4 Å². The molecule has 0 aliphatic heterocycles. The van der Waals surface area contributed by atoms with E-state index in [4.69, 9.17) is 23.2 Å². The van der Waals surface area contributed by atoms with Crippen LogP contribution in [0.3, 0.4) is 0 Å². The van der Waals surface area contributed by atoms with Gasteiger partial charge < -0.3 is 5.11 Å². The quantitative estimate of drug-likeness (QED) is 0.582. The molecule has 0 spiro atoms. The number of hydrogen-bond donors (Lipinski definition) is 3. The van der Waals surface area contributed by atoms with Crippen LogP contribution in [0, 0.1) is 0 Å². The van der Waals surface area contributed by atoms with Gasteiger partial charge in [0.15, 0.2) is 11.4 Å². The van der Waals surface area contributed by atoms with Gasteiger partial charge in [-0.25, -0.2) is 4.68 Å². The first kappa shape index (κ1) is 18.8. The van der Waals surface area contributed by atoms with Crippen molar-refractivity contribution in [2.24, 2.45) is 0 Å². The average molecular weight is 405 g/mol. The predicted molar refractivity (Wildman–Crippen MR) is 101 cm³/mol. The second-order valence-corrected chi connectivity index (χ2v) is 6.40. The fourth-order valence-electron chi connectivity index (χ4n) is 2.31. The number of para-hydroxylation sites is 1. The molecule has 0 saturated carbocycles. The summed E-state index contributed by atoms with van der Waals surface area (Å²) in [5, 5.41) is 14.8. The molecular formula is C18H14Cl2N4O3. The molecule has 0 atom stereocenters. The van der Waals surface area contributed by atoms with E-state index in [9.17, 15) is 14.7 Å². The van der Waals surface area contributed by atoms with Crippen LogP contribution < -0.4 is 10.9 Å². The van der Waals surface area contributed by atoms with E-state index >= 15 is 0 Å². The Bertz CT molecular complexity index is 990. The third kappa shape index (κ3) is 4.58. The maximum absolute atomic E-state index is 12.2. The number of benzene rings is 2. The molecule has 0 saturated heterocycles. The molecule has 138 valence electrons. The van der Waals surface area contributed by atoms with Crippen LogP contribution in [0.5, 0.6) is 5.75 Å². The molecule has 7 nitrogen and oxygen atoms in total. The van der Waals surface area contributed by atoms with Crippen LogP contribution in [0.4, 0.5) is 0 Å². The predicted octanol–water partition coefficient (Wildman–Crippen LogP) is 2.89. The van der Waals surface area contributed by atoms with Crippen molar-refractivity contribution in [3.05, 3.63) is 76.0 Å². The van der Waals surface area contributed by atoms with Gasteiger partial charge in [-0.05, 0) is 29.8 Å². The van der Waals surface area contributed by atoms with Gasteiger partial charge in [-0.15, -0.1) is 0 Å². The zero-order valence-corrected chi connectivity index (χ0v) is 15.3. The molecule has 0 fully saturated rings. The molecule has 2 amide bonds. The number of rotatable bonds is 4. The van der Waals surface area contributed by atoms with Gasteiger partial charge in [-0.2, -0.15) is 5.10 Å². The molecule has 3 aromatic rings. The van der Waals surface area contributed by atoms with Gasteiger partial charge in [0.2, 0.25) is 5.91 Å². The minimum absolute atomic E-state index is 0.0548. The van der Waals surface area contributed by atoms with E-state index in [1.165, 1.54) is 16.9 Å². The molecule has 0 unspecified atom stereocenters. The summed E-state index contributed by atoms with van der Waals surface area (Å²) in [4.78, 5) is 24.2. The highest BCUT2D eigenvalue weighted by Gasteiger charge is 2.18. The molecule has 9 heteroatoms. The fourth-order valence-corrected chi connectivity index (χ4v) is 2.78. The summed E-state index contributed by atoms with van der Waals surface area (Å²) in [6, 6.07) is 13.7. The van der Waals surface area contributed by atoms with Crippen molar-refractivity contribution in [2.45, 2.75) is 6.42 Å². The van der Waals surface area contributed by atoms with Gasteiger partial charge in [0.05, 0.1) is 18.3 Å². The summed E-state index contributed by atoms with van der Waals surface area (Å²) < 4.78 is 1.36. The lowest BCUT2D eigenvalue weighted by atomic mass is 10.1. The SMILES string of the molecule is O=C(Cc1ccc(Cl)cc1Cl)NNC(=O)c1nn(-c2ccccc2)cc1O. The Kier molecular flexibility index (Phi) is 5.63. The Morgan fingerprint density at radius 2 is 1.81 bits per heavy atom. The van der Waals surface area contributed by atoms with Crippen molar-refractivity contribution in [1.82, 2.24) is 20.6 Å². The molecule has 1 aromatic heterocycles. The highest BCUT2D eigenvalue weighted by molar-refractivity contribution is 6.35. The average Bonchev–Trinajstić information content (AvgIpc) is 3.05. The van der Waals surface area contributed by atoms with Crippen LogP contribution in [0.1, 0.15) is 16.1 Å². The number of hydrazine groups is 1. The minimum Gasteiger partial charge on any atom is -0.504 e. The molecule has 0 radical (unpaired) electrons. The molecule has 3 rings (SSSR count). The molecule has 27 heavy (non-hydrogen) atoms. The summed E-state index contributed by atoms with van der Waals surface area (Å²) in [7, 11) is 0. The molecule has 0 bridgehead atoms. The standard InChI is InChI=1S/C18H14Cl2N4O3/c19-12-7-6-11(14(20)9-12)8-16(26)21-22-18(27)17-15(25)10-24(23-17)13-4-2-1-3-5-13/h1-7,9-10,25H,8H2,(H,21,26)(H,22,27). The highest BCUT2D eigenvalue weighted by atomic mass is 35.5. The minimum atomic E-state index is -0.752. The first-order chi connectivity index (χ1) is 12.9. The van der Waals surface area contributed by atoms with Crippen molar-refractivity contribution in [3.63, 3.8) is 0 Å². The number of halogens is 2. The number of amides is 2. The lowest BCUT2D eigenvalue weighted by Gasteiger charge is -2.07. The second kappa shape index (κ2) is 8.11. The van der Waals surface area contributed by atoms with Gasteiger partial charge in [0.1, 0.15) is 0 Å². The van der Waals surface area contributed by atoms with Gasteiger partial charge >= 0.3 is 0 Å². The maximum Gasteiger partial charge on any atom is 0.294 e. The van der Waals surface area contributed by atoms with Crippen molar-refractivity contribution in [3.8, 4) is 11.4 Å². The molecule has 3 N–H and O–H groups in total. The summed E-state index contributed by atoms with van der Waals surface area (Å²) in [6.45, 7) is 0. The van der Waals surface area contributed by atoms with Crippen LogP contribution in [0.25, 0.3) is 5.69 Å². The number of carbonyl (C=O) groups is 2. The smallest absolute Gasteiger partial charge is 0.294 e. The van der Waals surface area contributed by atoms with Gasteiger partial charge in [0, 0.05) is 10.0 Å². The van der Waals surface area contributed by atoms with Crippen LogP contribution in [0.2, 0.25) is 10.0 Å². The molecule has 2 aromatic carbocycles. The normalized spacial score (nSPS) is 10.4. The van der Waals surface area contributed by atoms with Gasteiger partial charge in [0.25, 0.3) is 5.91 Å². The molecule has 0 aliphatic rings. The topological polar surface area (TPSA) is 96.3 Å². The number of aromatic nitrogens is 2. The Hall–Kier alpha value is -3.03. The number of nitrogens with zero attached hydrogens (tertiary/aromatic N) is 2. The molecule has 1 heterocycles. The lowest BCUT2D eigenvalue weighted by molar-refractivity contribution is -0.121. The van der Waals surface area contributed by atoms with Crippen LogP contribution in [-0.2, 0) is 11.2 Å². The second-order valence-electron chi connectivity index (χ2n) is 5.56. The lowest BCUT2D eigenvalue weighted by Crippen LogP contribution is -2.42. The number of hydrogen-bond acceptors (Lipinski definition) is 4. The first-order valence-corrected chi connectivity index (χ1v) is 8.57. The highest BCUT2D eigenvalue weighted by Crippen LogP contribution is 2.21. The Morgan fingerprint density at radius 3 is 2.52 bits per heavy atom. The van der Waals surface area contributed by atoms with E-state index in [0.717, 1.165) is 0 Å². The summed E-state index contributed by atoms with van der Waals surface area (Å²) >= 11 is 11.8. The van der Waals surface area contributed by atoms with E-state index < -0.39 is 11.8 Å². The van der Waals surface area contributed by atoms with Crippen LogP contribution in [0.15, 0.2) is 54.7 Å². The maximum atomic E-state index is 12.2. The van der Waals surface area contributed by atoms with E-state index in [1.54, 1.807) is 36.4 Å². The monoisotopic (exact) mass is 404 g/mol. The summed E-state index contributed by atoms with van der Waals surface area (Å²) in [6.07, 6.45) is 1.25. The molecule has 0 aliphatic carbocycles. The van der Waals surface area contributed by atoms with Crippen molar-refractivity contribution < 1.29 is 14.7 Å². The Labute approximate surface area is 164 Å². The first-order valence-electron chi connectivity index (χ1n) is 7.81. The van der Waals surface area contributed by atoms with E-state index in [-0.39, 0.29) is 17.9 Å². The summed E-state index contributed by atoms with van der Waals surface area (Å²) in [5.41, 5.74) is 5.48. The number of carbonyl (C=O) groups excluding carboxylic acids is 2. The fraction of sp³-hybridized carbons (Fsp3) is 0.0556. The Balaban J connectivity index is 1.62. The third-order valence-corrected chi connectivity index (χ3v) is 4.20. The third-order valence-electron chi connectivity index (χ3n) is 3.61. The van der Waals surface area contributed by atoms with E-state index in [0.29, 0.717) is 21.3 Å². The number of nitrogens with one attached hydrogen (secondary N) is 2. The zero-order chi connectivity index (χ0) is 19.4. The zero-order valence-electron chi connectivity index (χ0n) is 13.8. The van der Waals surface area contributed by atoms with Crippen LogP contribution >= 0.6 is 23.2 Å². The van der Waals surface area contributed by atoms with Crippen molar-refractivity contribution in [1.29, 1.82) is 0 Å². The molecular weight excluding hydrogens is 391 g/mol. The Morgan fingerprint density at radius 1 is 1.07 bits per heavy atom. The van der Waals surface area contributed by atoms with E-state index in [1.807, 2.05) is 6.07 Å². The van der Waals surface area contributed by atoms with Crippen molar-refractivity contribution in [2.75, 3.05) is 0 Å². The van der Waals surface area contributed by atoms with Gasteiger partial charge in [-0.1, -0.05) is 47.5 Å². The van der Waals surface area contributed by atoms with Crippen molar-refractivity contribution >= 4 is 35.0 Å². The number of aromatic hydroxyl groups is 1. The van der Waals surface area contributed by atoms with E-state index in [2.05, 4.69) is 16.0 Å². The summed E-state index contributed by atoms with van der Waals surface area (Å²) in [5.74, 6) is -1.56. The largest absolute Gasteiger partial charge is 0.504 e.